The van der Waals surface area contributed by atoms with Gasteiger partial charge < -0.3 is 18.9 Å². The molecule has 0 radical (unpaired) electrons. The molecule has 0 amide bonds. The Labute approximate surface area is 235 Å². The maximum Gasteiger partial charge on any atom is 0.338 e. The molecule has 2 rings (SSSR count). The lowest BCUT2D eigenvalue weighted by atomic mass is 9.85. The first-order valence-electron chi connectivity index (χ1n) is 13.3. The summed E-state index contributed by atoms with van der Waals surface area (Å²) in [5.74, 6) is -4.70. The predicted octanol–water partition coefficient (Wildman–Crippen LogP) is 5.11. The topological polar surface area (TPSA) is 129 Å². The van der Waals surface area contributed by atoms with Gasteiger partial charge in [0.2, 0.25) is 0 Å². The van der Waals surface area contributed by atoms with Crippen LogP contribution >= 0.6 is 0 Å². The Morgan fingerprint density at radius 1 is 0.700 bits per heavy atom. The SMILES string of the molecule is CC(C)OC(=O)C(C)C(CC(C)C(=O)OCCOC(=O)c1ccc(-c2ccc(C#N)cc2)cc1)C(=O)OC(C)C. The summed E-state index contributed by atoms with van der Waals surface area (Å²) in [6.45, 7) is 9.69. The highest BCUT2D eigenvalue weighted by Crippen LogP contribution is 2.26. The molecule has 0 heterocycles. The third kappa shape index (κ3) is 9.84. The molecule has 2 aromatic carbocycles. The van der Waals surface area contributed by atoms with Crippen molar-refractivity contribution in [2.45, 2.75) is 60.2 Å². The smallest absolute Gasteiger partial charge is 0.338 e. The fourth-order valence-corrected chi connectivity index (χ4v) is 3.84. The van der Waals surface area contributed by atoms with Crippen molar-refractivity contribution in [1.82, 2.24) is 0 Å². The highest BCUT2D eigenvalue weighted by atomic mass is 16.6. The molecule has 0 bridgehead atoms. The van der Waals surface area contributed by atoms with E-state index in [1.807, 2.05) is 12.1 Å². The van der Waals surface area contributed by atoms with Crippen LogP contribution in [0.3, 0.4) is 0 Å². The van der Waals surface area contributed by atoms with Gasteiger partial charge >= 0.3 is 23.9 Å². The van der Waals surface area contributed by atoms with Gasteiger partial charge in [0.25, 0.3) is 0 Å². The summed E-state index contributed by atoms with van der Waals surface area (Å²) in [5, 5.41) is 8.92. The number of ether oxygens (including phenoxy) is 4. The van der Waals surface area contributed by atoms with Crippen LogP contribution in [-0.4, -0.2) is 49.3 Å². The zero-order valence-corrected chi connectivity index (χ0v) is 23.8. The Bertz CT molecular complexity index is 1200. The van der Waals surface area contributed by atoms with E-state index in [0.717, 1.165) is 11.1 Å². The number of hydrogen-bond donors (Lipinski definition) is 0. The van der Waals surface area contributed by atoms with Gasteiger partial charge in [-0.1, -0.05) is 38.1 Å². The lowest BCUT2D eigenvalue weighted by molar-refractivity contribution is -0.166. The van der Waals surface area contributed by atoms with E-state index in [2.05, 4.69) is 6.07 Å². The van der Waals surface area contributed by atoms with Gasteiger partial charge in [-0.15, -0.1) is 0 Å². The molecule has 0 fully saturated rings. The van der Waals surface area contributed by atoms with Crippen molar-refractivity contribution in [2.24, 2.45) is 17.8 Å². The van der Waals surface area contributed by atoms with Crippen LogP contribution in [0.5, 0.6) is 0 Å². The second kappa shape index (κ2) is 15.4. The van der Waals surface area contributed by atoms with E-state index < -0.39 is 41.6 Å². The minimum absolute atomic E-state index is 0.0319. The molecule has 214 valence electrons. The third-order valence-electron chi connectivity index (χ3n) is 6.02. The summed E-state index contributed by atoms with van der Waals surface area (Å²) in [7, 11) is 0. The summed E-state index contributed by atoms with van der Waals surface area (Å²) >= 11 is 0. The normalized spacial score (nSPS) is 13.1. The lowest BCUT2D eigenvalue weighted by Gasteiger charge is -2.25. The fourth-order valence-electron chi connectivity index (χ4n) is 3.84. The van der Waals surface area contributed by atoms with Crippen molar-refractivity contribution in [3.05, 3.63) is 59.7 Å². The van der Waals surface area contributed by atoms with Gasteiger partial charge in [-0.05, 0) is 69.5 Å². The lowest BCUT2D eigenvalue weighted by Crippen LogP contribution is -2.35. The van der Waals surface area contributed by atoms with E-state index >= 15 is 0 Å². The molecule has 0 aromatic heterocycles. The highest BCUT2D eigenvalue weighted by Gasteiger charge is 2.36. The summed E-state index contributed by atoms with van der Waals surface area (Å²) in [4.78, 5) is 50.1. The fraction of sp³-hybridized carbons (Fsp3) is 0.452. The van der Waals surface area contributed by atoms with Gasteiger partial charge in [-0.3, -0.25) is 14.4 Å². The Balaban J connectivity index is 1.87. The summed E-state index contributed by atoms with van der Waals surface area (Å²) in [6, 6.07) is 16.0. The van der Waals surface area contributed by atoms with Crippen LogP contribution < -0.4 is 0 Å². The first-order chi connectivity index (χ1) is 18.9. The molecule has 0 aliphatic carbocycles. The Kier molecular flexibility index (Phi) is 12.3. The molecule has 3 atom stereocenters. The van der Waals surface area contributed by atoms with Gasteiger partial charge in [0, 0.05) is 0 Å². The van der Waals surface area contributed by atoms with E-state index in [0.29, 0.717) is 11.1 Å². The zero-order valence-electron chi connectivity index (χ0n) is 23.8. The average Bonchev–Trinajstić information content (AvgIpc) is 2.92. The molecule has 0 saturated heterocycles. The first kappa shape index (κ1) is 32.0. The molecule has 9 heteroatoms. The highest BCUT2D eigenvalue weighted by molar-refractivity contribution is 5.90. The van der Waals surface area contributed by atoms with Gasteiger partial charge in [0.15, 0.2) is 0 Å². The Morgan fingerprint density at radius 2 is 1.20 bits per heavy atom. The second-order valence-electron chi connectivity index (χ2n) is 10.1. The molecule has 0 aliphatic rings. The largest absolute Gasteiger partial charge is 0.463 e. The van der Waals surface area contributed by atoms with E-state index in [9.17, 15) is 19.2 Å². The molecule has 3 unspecified atom stereocenters. The van der Waals surface area contributed by atoms with E-state index in [4.69, 9.17) is 24.2 Å². The Morgan fingerprint density at radius 3 is 1.73 bits per heavy atom. The molecular formula is C31H37NO8. The number of esters is 4. The average molecular weight is 552 g/mol. The van der Waals surface area contributed by atoms with Crippen LogP contribution in [-0.2, 0) is 33.3 Å². The van der Waals surface area contributed by atoms with E-state index in [1.165, 1.54) is 0 Å². The molecule has 0 saturated carbocycles. The summed E-state index contributed by atoms with van der Waals surface area (Å²) < 4.78 is 21.0. The van der Waals surface area contributed by atoms with Crippen LogP contribution in [0.1, 0.15) is 63.9 Å². The monoisotopic (exact) mass is 551 g/mol. The van der Waals surface area contributed by atoms with Crippen molar-refractivity contribution in [3.63, 3.8) is 0 Å². The zero-order chi connectivity index (χ0) is 29.8. The Hall–Kier alpha value is -4.19. The third-order valence-corrected chi connectivity index (χ3v) is 6.02. The van der Waals surface area contributed by atoms with Crippen LogP contribution in [0.25, 0.3) is 11.1 Å². The maximum atomic E-state index is 12.7. The summed E-state index contributed by atoms with van der Waals surface area (Å²) in [6.07, 6.45) is -0.695. The van der Waals surface area contributed by atoms with Crippen molar-refractivity contribution in [3.8, 4) is 17.2 Å². The maximum absolute atomic E-state index is 12.7. The van der Waals surface area contributed by atoms with E-state index in [1.54, 1.807) is 77.9 Å². The number of carbonyl (C=O) groups is 4. The molecular weight excluding hydrogens is 514 g/mol. The second-order valence-corrected chi connectivity index (χ2v) is 10.1. The van der Waals surface area contributed by atoms with Crippen molar-refractivity contribution < 1.29 is 38.1 Å². The molecule has 0 N–H and O–H groups in total. The standard InChI is InChI=1S/C31H37NO8/c1-19(2)39-29(34)22(6)27(31(36)40-20(3)4)17-21(5)28(33)37-15-16-38-30(35)26-13-11-25(12-14-26)24-9-7-23(18-32)8-10-24/h7-14,19-22,27H,15-17H2,1-6H3. The van der Waals surface area contributed by atoms with Crippen LogP contribution in [0, 0.1) is 29.1 Å². The number of carbonyl (C=O) groups excluding carboxylic acids is 4. The molecule has 40 heavy (non-hydrogen) atoms. The number of nitriles is 1. The number of rotatable bonds is 13. The number of hydrogen-bond acceptors (Lipinski definition) is 9. The predicted molar refractivity (Wildman–Crippen MR) is 147 cm³/mol. The van der Waals surface area contributed by atoms with Crippen LogP contribution in [0.15, 0.2) is 48.5 Å². The molecule has 0 spiro atoms. The first-order valence-corrected chi connectivity index (χ1v) is 13.3. The number of benzene rings is 2. The number of nitrogens with zero attached hydrogens (tertiary/aromatic N) is 1. The quantitative estimate of drug-likeness (QED) is 0.189. The van der Waals surface area contributed by atoms with Gasteiger partial charge in [-0.25, -0.2) is 4.79 Å². The van der Waals surface area contributed by atoms with Crippen molar-refractivity contribution in [1.29, 1.82) is 5.26 Å². The molecule has 2 aromatic rings. The van der Waals surface area contributed by atoms with Crippen molar-refractivity contribution in [2.75, 3.05) is 13.2 Å². The summed E-state index contributed by atoms with van der Waals surface area (Å²) in [5.41, 5.74) is 2.69. The van der Waals surface area contributed by atoms with Gasteiger partial charge in [0.05, 0.1) is 47.2 Å². The van der Waals surface area contributed by atoms with Crippen LogP contribution in [0.4, 0.5) is 0 Å². The van der Waals surface area contributed by atoms with Crippen LogP contribution in [0.2, 0.25) is 0 Å². The minimum Gasteiger partial charge on any atom is -0.463 e. The van der Waals surface area contributed by atoms with Crippen molar-refractivity contribution >= 4 is 23.9 Å². The minimum atomic E-state index is -0.888. The van der Waals surface area contributed by atoms with Gasteiger partial charge in [0.1, 0.15) is 13.2 Å². The molecule has 0 aliphatic heterocycles. The molecule has 9 nitrogen and oxygen atoms in total. The van der Waals surface area contributed by atoms with Gasteiger partial charge in [-0.2, -0.15) is 5.26 Å². The van der Waals surface area contributed by atoms with E-state index in [-0.39, 0.29) is 31.8 Å².